The number of rotatable bonds is 1. The summed E-state index contributed by atoms with van der Waals surface area (Å²) in [4.78, 5) is 0. The molecule has 0 saturated carbocycles. The minimum Gasteiger partial charge on any atom is -0.0839 e. The van der Waals surface area contributed by atoms with E-state index in [0.717, 1.165) is 6.42 Å². The van der Waals surface area contributed by atoms with Crippen molar-refractivity contribution in [1.82, 2.24) is 0 Å². The summed E-state index contributed by atoms with van der Waals surface area (Å²) in [5.41, 5.74) is 9.18. The van der Waals surface area contributed by atoms with Gasteiger partial charge in [0.05, 0.1) is 0 Å². The van der Waals surface area contributed by atoms with Crippen molar-refractivity contribution < 1.29 is 0 Å². The van der Waals surface area contributed by atoms with Crippen LogP contribution in [0.4, 0.5) is 0 Å². The van der Waals surface area contributed by atoms with E-state index in [-0.39, 0.29) is 10.8 Å². The van der Waals surface area contributed by atoms with Crippen LogP contribution in [-0.2, 0) is 5.41 Å². The molecule has 0 spiro atoms. The average molecular weight is 302 g/mol. The van der Waals surface area contributed by atoms with E-state index in [0.29, 0.717) is 0 Å². The fourth-order valence-electron chi connectivity index (χ4n) is 4.51. The molecule has 0 nitrogen and oxygen atoms in total. The monoisotopic (exact) mass is 302 g/mol. The second-order valence-electron chi connectivity index (χ2n) is 8.13. The first-order valence-electron chi connectivity index (χ1n) is 8.83. The Morgan fingerprint density at radius 3 is 2.57 bits per heavy atom. The van der Waals surface area contributed by atoms with Gasteiger partial charge in [-0.25, -0.2) is 0 Å². The zero-order valence-electron chi connectivity index (χ0n) is 14.7. The maximum atomic E-state index is 2.44. The zero-order valence-corrected chi connectivity index (χ0v) is 14.7. The fraction of sp³-hybridized carbons (Fsp3) is 0.391. The van der Waals surface area contributed by atoms with Gasteiger partial charge >= 0.3 is 0 Å². The predicted molar refractivity (Wildman–Crippen MR) is 99.4 cm³/mol. The van der Waals surface area contributed by atoms with Gasteiger partial charge in [-0.1, -0.05) is 80.5 Å². The van der Waals surface area contributed by atoms with Gasteiger partial charge in [-0.3, -0.25) is 0 Å². The summed E-state index contributed by atoms with van der Waals surface area (Å²) >= 11 is 0. The van der Waals surface area contributed by atoms with E-state index in [1.807, 2.05) is 0 Å². The molecule has 23 heavy (non-hydrogen) atoms. The van der Waals surface area contributed by atoms with Crippen LogP contribution in [0.2, 0.25) is 0 Å². The van der Waals surface area contributed by atoms with Crippen molar-refractivity contribution in [1.29, 1.82) is 0 Å². The Hall–Kier alpha value is -1.82. The lowest BCUT2D eigenvalue weighted by molar-refractivity contribution is 0.466. The smallest absolute Gasteiger partial charge is 0.0141 e. The number of hydrogen-bond donors (Lipinski definition) is 0. The van der Waals surface area contributed by atoms with Gasteiger partial charge in [-0.15, -0.1) is 0 Å². The highest BCUT2D eigenvalue weighted by atomic mass is 14.5. The topological polar surface area (TPSA) is 0 Å². The van der Waals surface area contributed by atoms with Crippen LogP contribution in [0.1, 0.15) is 56.7 Å². The first-order valence-corrected chi connectivity index (χ1v) is 8.83. The van der Waals surface area contributed by atoms with Crippen LogP contribution in [0.15, 0.2) is 59.7 Å². The Labute approximate surface area is 140 Å². The van der Waals surface area contributed by atoms with Crippen LogP contribution in [-0.4, -0.2) is 0 Å². The maximum absolute atomic E-state index is 2.44. The Balaban J connectivity index is 1.79. The lowest BCUT2D eigenvalue weighted by Crippen LogP contribution is -2.26. The molecule has 3 aliphatic rings. The Bertz CT molecular complexity index is 795. The van der Waals surface area contributed by atoms with E-state index in [2.05, 4.69) is 76.3 Å². The van der Waals surface area contributed by atoms with E-state index >= 15 is 0 Å². The molecule has 0 N–H and O–H groups in total. The summed E-state index contributed by atoms with van der Waals surface area (Å²) in [6, 6.07) is 6.96. The van der Waals surface area contributed by atoms with Crippen molar-refractivity contribution in [2.24, 2.45) is 5.41 Å². The van der Waals surface area contributed by atoms with Gasteiger partial charge in [0.1, 0.15) is 0 Å². The first-order chi connectivity index (χ1) is 10.9. The van der Waals surface area contributed by atoms with Gasteiger partial charge < -0.3 is 0 Å². The normalized spacial score (nSPS) is 27.7. The van der Waals surface area contributed by atoms with Crippen LogP contribution < -0.4 is 0 Å². The lowest BCUT2D eigenvalue weighted by atomic mass is 9.67. The second kappa shape index (κ2) is 4.84. The fourth-order valence-corrected chi connectivity index (χ4v) is 4.51. The summed E-state index contributed by atoms with van der Waals surface area (Å²) < 4.78 is 0. The zero-order chi connectivity index (χ0) is 16.2. The van der Waals surface area contributed by atoms with Gasteiger partial charge in [-0.05, 0) is 48.5 Å². The van der Waals surface area contributed by atoms with Crippen molar-refractivity contribution in [3.05, 3.63) is 76.4 Å². The third-order valence-corrected chi connectivity index (χ3v) is 6.03. The van der Waals surface area contributed by atoms with E-state index in [1.165, 1.54) is 40.7 Å². The number of benzene rings is 1. The Morgan fingerprint density at radius 1 is 1.00 bits per heavy atom. The molecule has 0 fully saturated rings. The molecule has 118 valence electrons. The van der Waals surface area contributed by atoms with E-state index in [4.69, 9.17) is 0 Å². The second-order valence-corrected chi connectivity index (χ2v) is 8.13. The standard InChI is InChI=1S/C23H26/c1-16-10-11-18-19-12-13-23(4,17-8-6-5-7-9-17)15-21(19)22(2,3)20(18)14-16/h6,8-14H,5,7,15H2,1-4H3. The first kappa shape index (κ1) is 14.8. The number of allylic oxidation sites excluding steroid dienone is 8. The van der Waals surface area contributed by atoms with Gasteiger partial charge in [0.2, 0.25) is 0 Å². The summed E-state index contributed by atoms with van der Waals surface area (Å²) in [5, 5.41) is 0. The Morgan fingerprint density at radius 2 is 1.83 bits per heavy atom. The van der Waals surface area contributed by atoms with Crippen LogP contribution in [0.5, 0.6) is 0 Å². The summed E-state index contributed by atoms with van der Waals surface area (Å²) in [6.07, 6.45) is 15.5. The highest BCUT2D eigenvalue weighted by molar-refractivity contribution is 5.87. The molecule has 0 aromatic heterocycles. The van der Waals surface area contributed by atoms with Gasteiger partial charge in [0, 0.05) is 10.8 Å². The minimum absolute atomic E-state index is 0.141. The summed E-state index contributed by atoms with van der Waals surface area (Å²) in [5.74, 6) is 0. The largest absolute Gasteiger partial charge is 0.0839 e. The summed E-state index contributed by atoms with van der Waals surface area (Å²) in [6.45, 7) is 9.40. The third-order valence-electron chi connectivity index (χ3n) is 6.03. The molecule has 0 heteroatoms. The maximum Gasteiger partial charge on any atom is 0.0141 e. The van der Waals surface area contributed by atoms with E-state index in [1.54, 1.807) is 5.57 Å². The predicted octanol–water partition coefficient (Wildman–Crippen LogP) is 6.28. The molecule has 0 amide bonds. The molecule has 4 rings (SSSR count). The molecular formula is C23H26. The molecule has 1 unspecified atom stereocenters. The van der Waals surface area contributed by atoms with Crippen molar-refractivity contribution in [2.45, 2.75) is 52.4 Å². The lowest BCUT2D eigenvalue weighted by Gasteiger charge is -2.37. The molecule has 0 bridgehead atoms. The number of fused-ring (bicyclic) bond motifs is 2. The molecule has 3 aliphatic carbocycles. The molecule has 1 aromatic carbocycles. The summed E-state index contributed by atoms with van der Waals surface area (Å²) in [7, 11) is 0. The van der Waals surface area contributed by atoms with Crippen molar-refractivity contribution in [2.75, 3.05) is 0 Å². The van der Waals surface area contributed by atoms with Crippen molar-refractivity contribution in [3.63, 3.8) is 0 Å². The molecule has 0 aliphatic heterocycles. The minimum atomic E-state index is 0.141. The molecular weight excluding hydrogens is 276 g/mol. The van der Waals surface area contributed by atoms with Gasteiger partial charge in [-0.2, -0.15) is 0 Å². The van der Waals surface area contributed by atoms with Crippen LogP contribution in [0, 0.1) is 12.3 Å². The quantitative estimate of drug-likeness (QED) is 0.572. The number of hydrogen-bond acceptors (Lipinski definition) is 0. The average Bonchev–Trinajstić information content (AvgIpc) is 2.76. The molecule has 0 heterocycles. The molecule has 1 aromatic rings. The molecule has 1 atom stereocenters. The van der Waals surface area contributed by atoms with Crippen LogP contribution in [0.3, 0.4) is 0 Å². The van der Waals surface area contributed by atoms with Crippen LogP contribution in [0.25, 0.3) is 5.57 Å². The van der Waals surface area contributed by atoms with Gasteiger partial charge in [0.15, 0.2) is 0 Å². The molecule has 0 radical (unpaired) electrons. The SMILES string of the molecule is Cc1ccc2c(c1)C(C)(C)C1=C2C=CC(C)(C2=CCCC=C2)C1. The van der Waals surface area contributed by atoms with Gasteiger partial charge in [0.25, 0.3) is 0 Å². The Kier molecular flexibility index (Phi) is 3.10. The molecule has 0 saturated heterocycles. The highest BCUT2D eigenvalue weighted by Crippen LogP contribution is 2.55. The number of aryl methyl sites for hydroxylation is 1. The van der Waals surface area contributed by atoms with E-state index < -0.39 is 0 Å². The van der Waals surface area contributed by atoms with Crippen molar-refractivity contribution >= 4 is 5.57 Å². The van der Waals surface area contributed by atoms with E-state index in [9.17, 15) is 0 Å². The third kappa shape index (κ3) is 2.11. The van der Waals surface area contributed by atoms with Crippen molar-refractivity contribution in [3.8, 4) is 0 Å². The van der Waals surface area contributed by atoms with Crippen LogP contribution >= 0.6 is 0 Å². The highest BCUT2D eigenvalue weighted by Gasteiger charge is 2.42.